The smallest absolute Gasteiger partial charge is 0.341 e. The number of amidine groups is 1. The zero-order valence-electron chi connectivity index (χ0n) is 24.4. The first kappa shape index (κ1) is 32.0. The molecule has 0 atom stereocenters. The van der Waals surface area contributed by atoms with E-state index in [2.05, 4.69) is 20.1 Å². The lowest BCUT2D eigenvalue weighted by molar-refractivity contribution is -0.345. The number of nitrogens with zero attached hydrogens (tertiary/aromatic N) is 4. The minimum Gasteiger partial charge on any atom is -0.401 e. The molecule has 2 aliphatic heterocycles. The Hall–Kier alpha value is -3.92. The number of likely N-dealkylation sites (N-methyl/N-ethyl adjacent to an activating group) is 2. The van der Waals surface area contributed by atoms with Crippen molar-refractivity contribution in [1.82, 2.24) is 14.1 Å². The third-order valence-electron chi connectivity index (χ3n) is 7.25. The van der Waals surface area contributed by atoms with Crippen LogP contribution in [0.3, 0.4) is 0 Å². The zero-order chi connectivity index (χ0) is 31.5. The summed E-state index contributed by atoms with van der Waals surface area (Å²) in [7, 11) is 1.24. The highest BCUT2D eigenvalue weighted by atomic mass is 32.2. The molecule has 232 valence electrons. The number of nitrogens with one attached hydrogen (secondary N) is 2. The van der Waals surface area contributed by atoms with E-state index in [0.29, 0.717) is 6.07 Å². The molecule has 0 radical (unpaired) electrons. The van der Waals surface area contributed by atoms with Crippen molar-refractivity contribution in [2.24, 2.45) is 11.5 Å². The third-order valence-corrected chi connectivity index (χ3v) is 9.07. The van der Waals surface area contributed by atoms with Crippen molar-refractivity contribution in [1.29, 1.82) is 0 Å². The number of piperazine rings is 1. The van der Waals surface area contributed by atoms with E-state index in [1.54, 1.807) is 37.2 Å². The summed E-state index contributed by atoms with van der Waals surface area (Å²) in [6, 6.07) is 7.16. The van der Waals surface area contributed by atoms with Gasteiger partial charge in [0.05, 0.1) is 28.3 Å². The molecule has 0 spiro atoms. The van der Waals surface area contributed by atoms with Crippen LogP contribution in [0.15, 0.2) is 52.6 Å². The Balaban J connectivity index is 1.61. The second kappa shape index (κ2) is 13.2. The Bertz CT molecular complexity index is 1550. The van der Waals surface area contributed by atoms with E-state index in [0.717, 1.165) is 48.3 Å². The largest absolute Gasteiger partial charge is 0.401 e. The molecule has 0 aliphatic carbocycles. The molecular weight excluding hydrogens is 582 g/mol. The maximum absolute atomic E-state index is 13.8. The second-order valence-corrected chi connectivity index (χ2v) is 12.8. The highest BCUT2D eigenvalue weighted by molar-refractivity contribution is 7.89. The van der Waals surface area contributed by atoms with Crippen LogP contribution in [-0.2, 0) is 14.8 Å². The van der Waals surface area contributed by atoms with Gasteiger partial charge >= 0.3 is 5.91 Å². The van der Waals surface area contributed by atoms with Crippen molar-refractivity contribution in [2.45, 2.75) is 11.3 Å². The van der Waals surface area contributed by atoms with Crippen molar-refractivity contribution in [3.05, 3.63) is 64.9 Å². The summed E-state index contributed by atoms with van der Waals surface area (Å²) < 4.78 is 54.8. The summed E-state index contributed by atoms with van der Waals surface area (Å²) in [5.41, 5.74) is 14.1. The van der Waals surface area contributed by atoms with Crippen LogP contribution in [0.1, 0.15) is 16.8 Å². The van der Waals surface area contributed by atoms with Crippen LogP contribution in [0.5, 0.6) is 0 Å². The van der Waals surface area contributed by atoms with Crippen molar-refractivity contribution in [3.63, 3.8) is 0 Å². The number of anilines is 2. The third kappa shape index (κ3) is 7.73. The van der Waals surface area contributed by atoms with Gasteiger partial charge in [0.2, 0.25) is 15.9 Å². The van der Waals surface area contributed by atoms with Crippen LogP contribution >= 0.6 is 0 Å². The van der Waals surface area contributed by atoms with E-state index < -0.39 is 32.5 Å². The van der Waals surface area contributed by atoms with Gasteiger partial charge in [-0.3, -0.25) is 10.5 Å². The molecule has 2 amide bonds. The Labute approximate surface area is 249 Å². The van der Waals surface area contributed by atoms with Crippen LogP contribution in [0.4, 0.5) is 20.2 Å². The monoisotopic (exact) mass is 619 g/mol. The topological polar surface area (TPSA) is 159 Å². The maximum Gasteiger partial charge on any atom is 0.341 e. The fourth-order valence-corrected chi connectivity index (χ4v) is 6.33. The lowest BCUT2D eigenvalue weighted by Crippen LogP contribution is -2.80. The molecule has 0 unspecified atom stereocenters. The first-order valence-electron chi connectivity index (χ1n) is 13.6. The molecule has 1 fully saturated rings. The normalized spacial score (nSPS) is 17.4. The summed E-state index contributed by atoms with van der Waals surface area (Å²) in [5.74, 6) is -3.20. The van der Waals surface area contributed by atoms with E-state index >= 15 is 0 Å². The predicted molar refractivity (Wildman–Crippen MR) is 159 cm³/mol. The summed E-state index contributed by atoms with van der Waals surface area (Å²) in [5, 5.41) is 2.81. The molecule has 2 heterocycles. The minimum absolute atomic E-state index is 0.0488. The number of hydrogen-bond donors (Lipinski definition) is 4. The molecule has 1 saturated heterocycles. The SMILES string of the molecule is CN(C)CC(=O)Nc1cc(N2CCN(C)CC2)ccc1C(=O)[NH+]=C(N)C1=C(N)CCN(S(=O)(=O)c2cc(F)cc(F)c2)C1. The molecule has 2 aromatic carbocycles. The fraction of sp³-hybridized carbons (Fsp3) is 0.393. The van der Waals surface area contributed by atoms with Gasteiger partial charge in [0, 0.05) is 63.1 Å². The molecular formula is C28H37F2N8O4S+. The number of carbonyl (C=O) groups excluding carboxylic acids is 2. The van der Waals surface area contributed by atoms with E-state index in [-0.39, 0.29) is 60.3 Å². The predicted octanol–water partition coefficient (Wildman–Crippen LogP) is -0.898. The molecule has 15 heteroatoms. The van der Waals surface area contributed by atoms with E-state index in [1.807, 2.05) is 7.05 Å². The summed E-state index contributed by atoms with van der Waals surface area (Å²) in [6.45, 7) is 3.02. The molecule has 0 bridgehead atoms. The molecule has 2 aliphatic rings. The van der Waals surface area contributed by atoms with Gasteiger partial charge in [0.25, 0.3) is 5.84 Å². The van der Waals surface area contributed by atoms with E-state index in [4.69, 9.17) is 11.5 Å². The summed E-state index contributed by atoms with van der Waals surface area (Å²) >= 11 is 0. The van der Waals surface area contributed by atoms with Crippen LogP contribution in [0.2, 0.25) is 0 Å². The molecule has 0 saturated carbocycles. The van der Waals surface area contributed by atoms with Gasteiger partial charge in [-0.15, -0.1) is 0 Å². The van der Waals surface area contributed by atoms with Gasteiger partial charge in [-0.2, -0.15) is 4.31 Å². The number of rotatable bonds is 8. The quantitative estimate of drug-likeness (QED) is 0.217. The lowest BCUT2D eigenvalue weighted by atomic mass is 10.1. The molecule has 4 rings (SSSR count). The number of benzene rings is 2. The molecule has 2 aromatic rings. The number of nitrogens with two attached hydrogens (primary N) is 2. The summed E-state index contributed by atoms with van der Waals surface area (Å²) in [6.07, 6.45) is 0.0779. The fourth-order valence-electron chi connectivity index (χ4n) is 4.88. The van der Waals surface area contributed by atoms with Gasteiger partial charge < -0.3 is 25.8 Å². The van der Waals surface area contributed by atoms with Gasteiger partial charge in [0.15, 0.2) is 0 Å². The number of sulfonamides is 1. The second-order valence-electron chi connectivity index (χ2n) is 10.9. The summed E-state index contributed by atoms with van der Waals surface area (Å²) in [4.78, 5) is 34.2. The van der Waals surface area contributed by atoms with E-state index in [1.165, 1.54) is 0 Å². The van der Waals surface area contributed by atoms with Gasteiger partial charge in [0.1, 0.15) is 11.6 Å². The number of hydrogen-bond acceptors (Lipinski definition) is 8. The molecule has 0 aromatic heterocycles. The Morgan fingerprint density at radius 1 is 1.02 bits per heavy atom. The average Bonchev–Trinajstić information content (AvgIpc) is 2.92. The standard InChI is InChI=1S/C28H36F2N8O4S/c1-35(2)17-26(39)33-25-15-20(37-10-8-36(3)9-11-37)4-5-22(25)28(40)34-27(32)23-16-38(7-6-24(23)31)43(41,42)21-13-18(29)12-19(30)14-21/h4-5,12-15H,6-11,16-17,31H2,1-3H3,(H,33,39)(H2,32,34,40)/p+1. The van der Waals surface area contributed by atoms with Gasteiger partial charge in [-0.1, -0.05) is 0 Å². The Morgan fingerprint density at radius 3 is 2.30 bits per heavy atom. The van der Waals surface area contributed by atoms with Crippen molar-refractivity contribution in [2.75, 3.05) is 77.2 Å². The minimum atomic E-state index is -4.30. The lowest BCUT2D eigenvalue weighted by Gasteiger charge is -2.34. The number of halogens is 2. The first-order valence-corrected chi connectivity index (χ1v) is 15.1. The first-order chi connectivity index (χ1) is 20.2. The van der Waals surface area contributed by atoms with Crippen LogP contribution in [0.25, 0.3) is 0 Å². The van der Waals surface area contributed by atoms with Crippen LogP contribution in [0, 0.1) is 11.6 Å². The van der Waals surface area contributed by atoms with Crippen molar-refractivity contribution < 1.29 is 31.8 Å². The number of carbonyl (C=O) groups is 2. The molecule has 6 N–H and O–H groups in total. The van der Waals surface area contributed by atoms with Gasteiger partial charge in [-0.25, -0.2) is 27.0 Å². The van der Waals surface area contributed by atoms with Crippen molar-refractivity contribution in [3.8, 4) is 0 Å². The zero-order valence-corrected chi connectivity index (χ0v) is 25.2. The van der Waals surface area contributed by atoms with Crippen LogP contribution in [-0.4, -0.2) is 107 Å². The Morgan fingerprint density at radius 2 is 1.67 bits per heavy atom. The Kier molecular flexibility index (Phi) is 9.79. The molecule has 43 heavy (non-hydrogen) atoms. The highest BCUT2D eigenvalue weighted by Gasteiger charge is 2.33. The van der Waals surface area contributed by atoms with E-state index in [9.17, 15) is 26.8 Å². The molecule has 12 nitrogen and oxygen atoms in total. The highest BCUT2D eigenvalue weighted by Crippen LogP contribution is 2.26. The average molecular weight is 620 g/mol. The van der Waals surface area contributed by atoms with Gasteiger partial charge in [-0.05, 0) is 51.5 Å². The van der Waals surface area contributed by atoms with Crippen molar-refractivity contribution >= 4 is 39.0 Å². The number of amides is 2. The van der Waals surface area contributed by atoms with Crippen LogP contribution < -0.4 is 26.7 Å². The maximum atomic E-state index is 13.8.